The molecule has 0 aliphatic rings. The van der Waals surface area contributed by atoms with Crippen LogP contribution in [0.1, 0.15) is 11.7 Å². The highest BCUT2D eigenvalue weighted by Crippen LogP contribution is 2.22. The molecule has 0 spiro atoms. The SMILES string of the molecule is CO[C@H](c1ccc(S(=O)(=O)CF)cc1)[C@H](N)CF. The number of hydrogen-bond donors (Lipinski definition) is 1. The Labute approximate surface area is 105 Å². The van der Waals surface area contributed by atoms with E-state index in [1.54, 1.807) is 0 Å². The van der Waals surface area contributed by atoms with Crippen molar-refractivity contribution in [1.82, 2.24) is 0 Å². The third-order valence-corrected chi connectivity index (χ3v) is 3.81. The lowest BCUT2D eigenvalue weighted by Gasteiger charge is -2.20. The summed E-state index contributed by atoms with van der Waals surface area (Å²) in [7, 11) is -2.50. The van der Waals surface area contributed by atoms with Gasteiger partial charge in [-0.25, -0.2) is 17.2 Å². The number of rotatable bonds is 6. The average molecular weight is 279 g/mol. The molecule has 0 aliphatic carbocycles. The lowest BCUT2D eigenvalue weighted by atomic mass is 10.0. The van der Waals surface area contributed by atoms with E-state index in [0.717, 1.165) is 0 Å². The summed E-state index contributed by atoms with van der Waals surface area (Å²) in [6.45, 7) is -0.761. The minimum absolute atomic E-state index is 0.127. The summed E-state index contributed by atoms with van der Waals surface area (Å²) in [4.78, 5) is -0.127. The first-order chi connectivity index (χ1) is 8.46. The normalized spacial score (nSPS) is 15.3. The maximum Gasteiger partial charge on any atom is 0.207 e. The first kappa shape index (κ1) is 15.0. The fourth-order valence-corrected chi connectivity index (χ4v) is 2.24. The van der Waals surface area contributed by atoms with Crippen molar-refractivity contribution in [2.75, 3.05) is 19.8 Å². The van der Waals surface area contributed by atoms with Crippen molar-refractivity contribution in [2.24, 2.45) is 5.73 Å². The first-order valence-electron chi connectivity index (χ1n) is 5.19. The second kappa shape index (κ2) is 6.21. The van der Waals surface area contributed by atoms with Gasteiger partial charge in [-0.1, -0.05) is 12.1 Å². The number of benzene rings is 1. The predicted octanol–water partition coefficient (Wildman–Crippen LogP) is 1.37. The zero-order chi connectivity index (χ0) is 13.8. The van der Waals surface area contributed by atoms with Crippen LogP contribution in [0.4, 0.5) is 8.78 Å². The molecular formula is C11H15F2NO3S. The van der Waals surface area contributed by atoms with Crippen LogP contribution in [0, 0.1) is 0 Å². The van der Waals surface area contributed by atoms with E-state index in [9.17, 15) is 17.2 Å². The molecule has 0 radical (unpaired) electrons. The first-order valence-corrected chi connectivity index (χ1v) is 6.84. The van der Waals surface area contributed by atoms with E-state index in [1.165, 1.54) is 31.4 Å². The molecule has 0 aromatic heterocycles. The van der Waals surface area contributed by atoms with E-state index in [2.05, 4.69) is 0 Å². The van der Waals surface area contributed by atoms with Gasteiger partial charge in [0.25, 0.3) is 0 Å². The maximum absolute atomic E-state index is 12.5. The van der Waals surface area contributed by atoms with Gasteiger partial charge in [0, 0.05) is 7.11 Å². The van der Waals surface area contributed by atoms with Crippen LogP contribution in [0.25, 0.3) is 0 Å². The van der Waals surface area contributed by atoms with Crippen LogP contribution in [-0.4, -0.2) is 34.3 Å². The maximum atomic E-state index is 12.5. The Hall–Kier alpha value is -1.05. The smallest absolute Gasteiger partial charge is 0.207 e. The van der Waals surface area contributed by atoms with Gasteiger partial charge in [-0.3, -0.25) is 0 Å². The highest BCUT2D eigenvalue weighted by molar-refractivity contribution is 7.91. The van der Waals surface area contributed by atoms with E-state index < -0.39 is 34.7 Å². The molecule has 18 heavy (non-hydrogen) atoms. The van der Waals surface area contributed by atoms with Gasteiger partial charge in [0.2, 0.25) is 9.84 Å². The molecule has 2 N–H and O–H groups in total. The minimum Gasteiger partial charge on any atom is -0.375 e. The Morgan fingerprint density at radius 1 is 1.28 bits per heavy atom. The largest absolute Gasteiger partial charge is 0.375 e. The van der Waals surface area contributed by atoms with Crippen molar-refractivity contribution in [3.8, 4) is 0 Å². The lowest BCUT2D eigenvalue weighted by Crippen LogP contribution is -2.31. The number of sulfone groups is 1. The summed E-state index contributed by atoms with van der Waals surface area (Å²) in [6, 6.07) is 3.09. The standard InChI is InChI=1S/C11H15F2NO3S/c1-17-11(10(14)6-12)8-2-4-9(5-3-8)18(15,16)7-13/h2-5,10-11H,6-7,14H2,1H3/t10-,11-/m1/s1. The van der Waals surface area contributed by atoms with E-state index >= 15 is 0 Å². The summed E-state index contributed by atoms with van der Waals surface area (Å²) in [5.41, 5.74) is 6.07. The van der Waals surface area contributed by atoms with Crippen LogP contribution >= 0.6 is 0 Å². The summed E-state index contributed by atoms with van der Waals surface area (Å²) in [5.74, 6) is 0. The van der Waals surface area contributed by atoms with E-state index in [-0.39, 0.29) is 4.90 Å². The Kier molecular flexibility index (Phi) is 5.18. The third-order valence-electron chi connectivity index (χ3n) is 2.53. The molecule has 0 amide bonds. The van der Waals surface area contributed by atoms with Crippen molar-refractivity contribution < 1.29 is 21.9 Å². The quantitative estimate of drug-likeness (QED) is 0.854. The number of hydrogen-bond acceptors (Lipinski definition) is 4. The van der Waals surface area contributed by atoms with Crippen molar-refractivity contribution in [3.05, 3.63) is 29.8 Å². The lowest BCUT2D eigenvalue weighted by molar-refractivity contribution is 0.0720. The number of methoxy groups -OCH3 is 1. The topological polar surface area (TPSA) is 69.4 Å². The average Bonchev–Trinajstić information content (AvgIpc) is 2.40. The molecular weight excluding hydrogens is 264 g/mol. The molecule has 0 unspecified atom stereocenters. The molecule has 4 nitrogen and oxygen atoms in total. The van der Waals surface area contributed by atoms with E-state index in [0.29, 0.717) is 5.56 Å². The van der Waals surface area contributed by atoms with Gasteiger partial charge < -0.3 is 10.5 Å². The van der Waals surface area contributed by atoms with Crippen molar-refractivity contribution >= 4 is 9.84 Å². The number of halogens is 2. The minimum atomic E-state index is -3.89. The van der Waals surface area contributed by atoms with Gasteiger partial charge in [-0.05, 0) is 17.7 Å². The van der Waals surface area contributed by atoms with Gasteiger partial charge >= 0.3 is 0 Å². The number of ether oxygens (including phenoxy) is 1. The fourth-order valence-electron chi connectivity index (χ4n) is 1.57. The van der Waals surface area contributed by atoms with Crippen molar-refractivity contribution in [3.63, 3.8) is 0 Å². The highest BCUT2D eigenvalue weighted by atomic mass is 32.2. The molecule has 0 aliphatic heterocycles. The van der Waals surface area contributed by atoms with E-state index in [4.69, 9.17) is 10.5 Å². The van der Waals surface area contributed by atoms with Crippen molar-refractivity contribution in [2.45, 2.75) is 17.0 Å². The summed E-state index contributed by atoms with van der Waals surface area (Å²) in [6.07, 6.45) is -0.669. The molecule has 1 rings (SSSR count). The van der Waals surface area contributed by atoms with Gasteiger partial charge in [0.15, 0.2) is 6.01 Å². The van der Waals surface area contributed by atoms with Crippen molar-refractivity contribution in [1.29, 1.82) is 0 Å². The molecule has 0 saturated heterocycles. The highest BCUT2D eigenvalue weighted by Gasteiger charge is 2.20. The van der Waals surface area contributed by atoms with Crippen LogP contribution in [-0.2, 0) is 14.6 Å². The summed E-state index contributed by atoms with van der Waals surface area (Å²) in [5, 5.41) is 0. The van der Waals surface area contributed by atoms with Crippen LogP contribution in [0.5, 0.6) is 0 Å². The Morgan fingerprint density at radius 3 is 2.22 bits per heavy atom. The van der Waals surface area contributed by atoms with E-state index in [1.807, 2.05) is 0 Å². The van der Waals surface area contributed by atoms with Crippen LogP contribution in [0.2, 0.25) is 0 Å². The molecule has 2 atom stereocenters. The molecule has 102 valence electrons. The van der Waals surface area contributed by atoms with Gasteiger partial charge in [-0.2, -0.15) is 0 Å². The Balaban J connectivity index is 3.02. The van der Waals surface area contributed by atoms with Gasteiger partial charge in [0.1, 0.15) is 6.67 Å². The van der Waals surface area contributed by atoms with Crippen LogP contribution < -0.4 is 5.73 Å². The third kappa shape index (κ3) is 3.24. The summed E-state index contributed by atoms with van der Waals surface area (Å²) >= 11 is 0. The van der Waals surface area contributed by atoms with Crippen LogP contribution in [0.3, 0.4) is 0 Å². The van der Waals surface area contributed by atoms with Gasteiger partial charge in [0.05, 0.1) is 17.0 Å². The molecule has 7 heteroatoms. The molecule has 0 heterocycles. The molecule has 0 bridgehead atoms. The molecule has 1 aromatic carbocycles. The monoisotopic (exact) mass is 279 g/mol. The molecule has 0 saturated carbocycles. The summed E-state index contributed by atoms with van der Waals surface area (Å²) < 4.78 is 52.3. The zero-order valence-electron chi connectivity index (χ0n) is 9.84. The zero-order valence-corrected chi connectivity index (χ0v) is 10.7. The number of nitrogens with two attached hydrogens (primary N) is 1. The van der Waals surface area contributed by atoms with Crippen LogP contribution in [0.15, 0.2) is 29.2 Å². The molecule has 1 aromatic rings. The second-order valence-electron chi connectivity index (χ2n) is 3.77. The fraction of sp³-hybridized carbons (Fsp3) is 0.455. The number of alkyl halides is 2. The van der Waals surface area contributed by atoms with Gasteiger partial charge in [-0.15, -0.1) is 0 Å². The molecule has 0 fully saturated rings. The predicted molar refractivity (Wildman–Crippen MR) is 63.3 cm³/mol. The second-order valence-corrected chi connectivity index (χ2v) is 5.69. The Morgan fingerprint density at radius 2 is 1.83 bits per heavy atom. The Bertz CT molecular complexity index is 476.